The molecule has 0 aliphatic carbocycles. The van der Waals surface area contributed by atoms with E-state index in [1.54, 1.807) is 4.68 Å². The molecule has 2 N–H and O–H groups in total. The zero-order valence-electron chi connectivity index (χ0n) is 8.66. The number of nitrogens with one attached hydrogen (secondary N) is 2. The molecule has 1 aromatic rings. The summed E-state index contributed by atoms with van der Waals surface area (Å²) in [7, 11) is 0. The Balaban J connectivity index is 2.34. The van der Waals surface area contributed by atoms with Crippen LogP contribution in [0, 0.1) is 0 Å². The molecule has 0 fully saturated rings. The van der Waals surface area contributed by atoms with Crippen molar-refractivity contribution in [2.24, 2.45) is 0 Å². The van der Waals surface area contributed by atoms with Crippen LogP contribution in [0.1, 0.15) is 20.3 Å². The Kier molecular flexibility index (Phi) is 4.04. The van der Waals surface area contributed by atoms with Crippen LogP contribution in [0.2, 0.25) is 0 Å². The van der Waals surface area contributed by atoms with Gasteiger partial charge in [-0.15, -0.1) is 0 Å². The van der Waals surface area contributed by atoms with Gasteiger partial charge in [0.25, 0.3) is 0 Å². The monoisotopic (exact) mass is 195 g/mol. The molecule has 14 heavy (non-hydrogen) atoms. The molecule has 78 valence electrons. The Morgan fingerprint density at radius 2 is 2.07 bits per heavy atom. The first-order valence-electron chi connectivity index (χ1n) is 4.91. The van der Waals surface area contributed by atoms with E-state index in [9.17, 15) is 4.79 Å². The van der Waals surface area contributed by atoms with E-state index in [-0.39, 0.29) is 11.9 Å². The van der Waals surface area contributed by atoms with Crippen molar-refractivity contribution in [2.75, 3.05) is 12.0 Å². The Bertz CT molecular complexity index is 269. The molecule has 0 radical (unpaired) electrons. The first-order chi connectivity index (χ1) is 6.74. The molecule has 1 unspecified atom stereocenters. The predicted octanol–water partition coefficient (Wildman–Crippen LogP) is 0.946. The summed E-state index contributed by atoms with van der Waals surface area (Å²) in [5.41, 5.74) is 3.04. The molecule has 4 nitrogen and oxygen atoms in total. The molecule has 0 aliphatic heterocycles. The summed E-state index contributed by atoms with van der Waals surface area (Å²) in [4.78, 5) is 11.4. The topological polar surface area (TPSA) is 46.1 Å². The lowest BCUT2D eigenvalue weighted by Gasteiger charge is -2.15. The third kappa shape index (κ3) is 3.12. The van der Waals surface area contributed by atoms with Crippen LogP contribution >= 0.6 is 0 Å². The molecule has 0 aliphatic rings. The predicted molar refractivity (Wildman–Crippen MR) is 56.6 cm³/mol. The zero-order chi connectivity index (χ0) is 10.4. The number of hydrogen-bond acceptors (Lipinski definition) is 2. The highest BCUT2D eigenvalue weighted by Crippen LogP contribution is 1.90. The number of rotatable bonds is 5. The number of amides is 1. The van der Waals surface area contributed by atoms with Crippen molar-refractivity contribution in [1.82, 2.24) is 9.99 Å². The van der Waals surface area contributed by atoms with Gasteiger partial charge in [0.2, 0.25) is 5.91 Å². The third-order valence-electron chi connectivity index (χ3n) is 1.89. The van der Waals surface area contributed by atoms with Gasteiger partial charge in [0.1, 0.15) is 6.04 Å². The van der Waals surface area contributed by atoms with Gasteiger partial charge in [-0.2, -0.15) is 0 Å². The largest absolute Gasteiger partial charge is 0.354 e. The first-order valence-corrected chi connectivity index (χ1v) is 4.91. The van der Waals surface area contributed by atoms with Crippen molar-refractivity contribution in [2.45, 2.75) is 26.3 Å². The molecule has 1 rings (SSSR count). The van der Waals surface area contributed by atoms with Gasteiger partial charge in [-0.25, -0.2) is 0 Å². The van der Waals surface area contributed by atoms with Crippen LogP contribution in [0.3, 0.4) is 0 Å². The van der Waals surface area contributed by atoms with Gasteiger partial charge in [0.15, 0.2) is 0 Å². The van der Waals surface area contributed by atoms with E-state index >= 15 is 0 Å². The van der Waals surface area contributed by atoms with E-state index in [1.165, 1.54) is 0 Å². The maximum atomic E-state index is 11.4. The second kappa shape index (κ2) is 5.32. The Labute approximate surface area is 84.3 Å². The molecule has 1 heterocycles. The molecule has 0 bridgehead atoms. The van der Waals surface area contributed by atoms with Crippen molar-refractivity contribution in [3.8, 4) is 0 Å². The van der Waals surface area contributed by atoms with Crippen LogP contribution in [-0.4, -0.2) is 23.2 Å². The lowest BCUT2D eigenvalue weighted by molar-refractivity contribution is -0.121. The van der Waals surface area contributed by atoms with Crippen molar-refractivity contribution in [1.29, 1.82) is 0 Å². The molecular weight excluding hydrogens is 178 g/mol. The number of hydrogen-bond donors (Lipinski definition) is 2. The first kappa shape index (κ1) is 10.6. The molecular formula is C10H17N3O. The van der Waals surface area contributed by atoms with Gasteiger partial charge in [0, 0.05) is 18.9 Å². The van der Waals surface area contributed by atoms with Crippen LogP contribution in [-0.2, 0) is 4.79 Å². The Hall–Kier alpha value is -1.45. The third-order valence-corrected chi connectivity index (χ3v) is 1.89. The van der Waals surface area contributed by atoms with Crippen molar-refractivity contribution < 1.29 is 4.79 Å². The van der Waals surface area contributed by atoms with Crippen LogP contribution < -0.4 is 10.7 Å². The van der Waals surface area contributed by atoms with Gasteiger partial charge in [-0.05, 0) is 25.5 Å². The smallest absolute Gasteiger partial charge is 0.243 e. The highest BCUT2D eigenvalue weighted by Gasteiger charge is 2.10. The number of aromatic nitrogens is 1. The van der Waals surface area contributed by atoms with Gasteiger partial charge < -0.3 is 10.7 Å². The number of carbonyl (C=O) groups excluding carboxylic acids is 1. The summed E-state index contributed by atoms with van der Waals surface area (Å²) in [6.45, 7) is 4.60. The molecule has 0 spiro atoms. The minimum Gasteiger partial charge on any atom is -0.354 e. The fraction of sp³-hybridized carbons (Fsp3) is 0.500. The average molecular weight is 195 g/mol. The SMILES string of the molecule is CCCNC(=O)C(C)Nn1cccc1. The molecule has 0 aromatic carbocycles. The average Bonchev–Trinajstić information content (AvgIpc) is 2.66. The van der Waals surface area contributed by atoms with Crippen LogP contribution in [0.4, 0.5) is 0 Å². The van der Waals surface area contributed by atoms with Gasteiger partial charge in [0.05, 0.1) is 0 Å². The molecule has 0 saturated carbocycles. The van der Waals surface area contributed by atoms with Crippen LogP contribution in [0.5, 0.6) is 0 Å². The molecule has 1 amide bonds. The van der Waals surface area contributed by atoms with Gasteiger partial charge >= 0.3 is 0 Å². The van der Waals surface area contributed by atoms with Gasteiger partial charge in [-0.1, -0.05) is 6.92 Å². The van der Waals surface area contributed by atoms with Crippen molar-refractivity contribution in [3.63, 3.8) is 0 Å². The highest BCUT2D eigenvalue weighted by molar-refractivity contribution is 5.82. The molecule has 1 atom stereocenters. The quantitative estimate of drug-likeness (QED) is 0.734. The fourth-order valence-corrected chi connectivity index (χ4v) is 1.10. The zero-order valence-corrected chi connectivity index (χ0v) is 8.66. The van der Waals surface area contributed by atoms with Crippen LogP contribution in [0.25, 0.3) is 0 Å². The minimum atomic E-state index is -0.214. The summed E-state index contributed by atoms with van der Waals surface area (Å²) in [6.07, 6.45) is 4.69. The Morgan fingerprint density at radius 3 is 2.64 bits per heavy atom. The lowest BCUT2D eigenvalue weighted by Crippen LogP contribution is -2.40. The van der Waals surface area contributed by atoms with Gasteiger partial charge in [-0.3, -0.25) is 9.47 Å². The Morgan fingerprint density at radius 1 is 1.43 bits per heavy atom. The summed E-state index contributed by atoms with van der Waals surface area (Å²) in [6, 6.07) is 3.60. The van der Waals surface area contributed by atoms with E-state index in [0.717, 1.165) is 13.0 Å². The van der Waals surface area contributed by atoms with E-state index in [4.69, 9.17) is 0 Å². The lowest BCUT2D eigenvalue weighted by atomic mass is 10.3. The standard InChI is InChI=1S/C10H17N3O/c1-3-6-11-10(14)9(2)12-13-7-4-5-8-13/h4-5,7-9,12H,3,6H2,1-2H3,(H,11,14). The normalized spacial score (nSPS) is 12.1. The summed E-state index contributed by atoms with van der Waals surface area (Å²) in [5.74, 6) is 0.0283. The second-order valence-corrected chi connectivity index (χ2v) is 3.23. The van der Waals surface area contributed by atoms with E-state index in [2.05, 4.69) is 10.7 Å². The highest BCUT2D eigenvalue weighted by atomic mass is 16.2. The minimum absolute atomic E-state index is 0.0283. The summed E-state index contributed by atoms with van der Waals surface area (Å²) in [5, 5.41) is 2.83. The molecule has 4 heteroatoms. The summed E-state index contributed by atoms with van der Waals surface area (Å²) >= 11 is 0. The van der Waals surface area contributed by atoms with Crippen molar-refractivity contribution >= 4 is 5.91 Å². The molecule has 0 saturated heterocycles. The maximum Gasteiger partial charge on any atom is 0.243 e. The molecule has 1 aromatic heterocycles. The van der Waals surface area contributed by atoms with E-state index in [1.807, 2.05) is 38.4 Å². The summed E-state index contributed by atoms with van der Waals surface area (Å²) < 4.78 is 1.77. The number of nitrogens with zero attached hydrogens (tertiary/aromatic N) is 1. The second-order valence-electron chi connectivity index (χ2n) is 3.23. The van der Waals surface area contributed by atoms with Crippen molar-refractivity contribution in [3.05, 3.63) is 24.5 Å². The van der Waals surface area contributed by atoms with Crippen LogP contribution in [0.15, 0.2) is 24.5 Å². The number of carbonyl (C=O) groups is 1. The van der Waals surface area contributed by atoms with E-state index < -0.39 is 0 Å². The fourth-order valence-electron chi connectivity index (χ4n) is 1.10. The maximum absolute atomic E-state index is 11.4. The van der Waals surface area contributed by atoms with E-state index in [0.29, 0.717) is 0 Å².